The Morgan fingerprint density at radius 3 is 2.71 bits per heavy atom. The fourth-order valence-electron chi connectivity index (χ4n) is 3.53. The second-order valence-electron chi connectivity index (χ2n) is 7.53. The van der Waals surface area contributed by atoms with Gasteiger partial charge in [-0.2, -0.15) is 0 Å². The lowest BCUT2D eigenvalue weighted by Crippen LogP contribution is -2.34. The second kappa shape index (κ2) is 9.18. The van der Waals surface area contributed by atoms with Crippen molar-refractivity contribution in [1.82, 2.24) is 5.32 Å². The number of hydrogen-bond acceptors (Lipinski definition) is 3. The average Bonchev–Trinajstić information content (AvgIpc) is 3.15. The maximum atomic E-state index is 13.7. The Hall–Kier alpha value is -2.73. The highest BCUT2D eigenvalue weighted by atomic mass is 35.5. The number of fused-ring (bicyclic) bond motifs is 1. The van der Waals surface area contributed by atoms with E-state index in [4.69, 9.17) is 11.6 Å². The molecule has 4 aromatic rings. The van der Waals surface area contributed by atoms with Crippen LogP contribution in [0.25, 0.3) is 21.2 Å². The molecule has 1 aromatic heterocycles. The number of aliphatic hydroxyl groups excluding tert-OH is 1. The highest BCUT2D eigenvalue weighted by molar-refractivity contribution is 7.19. The predicted octanol–water partition coefficient (Wildman–Crippen LogP) is 6.06. The molecule has 0 saturated carbocycles. The van der Waals surface area contributed by atoms with Crippen LogP contribution in [0.2, 0.25) is 5.02 Å². The molecule has 1 atom stereocenters. The number of benzene rings is 3. The summed E-state index contributed by atoms with van der Waals surface area (Å²) < 4.78 is 14.8. The van der Waals surface area contributed by atoms with E-state index in [1.54, 1.807) is 30.4 Å². The number of nitrogens with one attached hydrogen (secondary N) is 1. The zero-order chi connectivity index (χ0) is 22.0. The van der Waals surface area contributed by atoms with Gasteiger partial charge in [0.1, 0.15) is 5.82 Å². The van der Waals surface area contributed by atoms with Crippen LogP contribution in [-0.4, -0.2) is 23.7 Å². The summed E-state index contributed by atoms with van der Waals surface area (Å²) in [6.07, 6.45) is 0.595. The summed E-state index contributed by atoms with van der Waals surface area (Å²) >= 11 is 7.65. The molecule has 1 heterocycles. The summed E-state index contributed by atoms with van der Waals surface area (Å²) in [5.41, 5.74) is 3.35. The zero-order valence-electron chi connectivity index (χ0n) is 16.9. The summed E-state index contributed by atoms with van der Waals surface area (Å²) in [5, 5.41) is 13.4. The van der Waals surface area contributed by atoms with Gasteiger partial charge in [-0.25, -0.2) is 4.39 Å². The molecule has 6 heteroatoms. The van der Waals surface area contributed by atoms with E-state index in [2.05, 4.69) is 17.4 Å². The van der Waals surface area contributed by atoms with Crippen LogP contribution in [0.15, 0.2) is 66.7 Å². The van der Waals surface area contributed by atoms with Crippen LogP contribution in [0, 0.1) is 5.82 Å². The topological polar surface area (TPSA) is 49.3 Å². The minimum absolute atomic E-state index is 0.112. The third-order valence-electron chi connectivity index (χ3n) is 4.98. The van der Waals surface area contributed by atoms with Gasteiger partial charge in [-0.1, -0.05) is 41.9 Å². The molecule has 0 aliphatic heterocycles. The van der Waals surface area contributed by atoms with Crippen molar-refractivity contribution < 1.29 is 14.3 Å². The van der Waals surface area contributed by atoms with Gasteiger partial charge in [0.25, 0.3) is 5.91 Å². The standard InChI is InChI=1S/C25H21ClFNO2S/c1-15(14-29)28-25(30)19-6-2-4-17(11-19)23-7-3-5-18-12-22(31-24(18)23)10-16-8-20(26)13-21(27)9-16/h2-9,11-13,15,29H,10,14H2,1H3,(H,28,30). The first-order valence-electron chi connectivity index (χ1n) is 9.91. The largest absolute Gasteiger partial charge is 0.394 e. The number of aliphatic hydroxyl groups is 1. The Kier molecular flexibility index (Phi) is 6.37. The van der Waals surface area contributed by atoms with Gasteiger partial charge in [0.05, 0.1) is 6.61 Å². The quantitative estimate of drug-likeness (QED) is 0.372. The molecular weight excluding hydrogens is 433 g/mol. The lowest BCUT2D eigenvalue weighted by molar-refractivity contribution is 0.0922. The molecule has 1 unspecified atom stereocenters. The van der Waals surface area contributed by atoms with E-state index in [9.17, 15) is 14.3 Å². The van der Waals surface area contributed by atoms with Gasteiger partial charge in [-0.3, -0.25) is 4.79 Å². The monoisotopic (exact) mass is 453 g/mol. The van der Waals surface area contributed by atoms with Crippen LogP contribution in [0.5, 0.6) is 0 Å². The molecule has 0 radical (unpaired) electrons. The normalized spacial score (nSPS) is 12.1. The van der Waals surface area contributed by atoms with E-state index < -0.39 is 0 Å². The lowest BCUT2D eigenvalue weighted by atomic mass is 10.0. The van der Waals surface area contributed by atoms with Crippen molar-refractivity contribution in [1.29, 1.82) is 0 Å². The molecule has 0 bridgehead atoms. The van der Waals surface area contributed by atoms with Crippen molar-refractivity contribution in [3.63, 3.8) is 0 Å². The van der Waals surface area contributed by atoms with E-state index in [-0.39, 0.29) is 24.4 Å². The van der Waals surface area contributed by atoms with Crippen LogP contribution >= 0.6 is 22.9 Å². The number of carbonyl (C=O) groups is 1. The maximum Gasteiger partial charge on any atom is 0.251 e. The first kappa shape index (κ1) is 21.5. The van der Waals surface area contributed by atoms with Gasteiger partial charge < -0.3 is 10.4 Å². The molecule has 4 rings (SSSR count). The Morgan fingerprint density at radius 2 is 1.94 bits per heavy atom. The molecule has 3 nitrogen and oxygen atoms in total. The summed E-state index contributed by atoms with van der Waals surface area (Å²) in [5.74, 6) is -0.555. The maximum absolute atomic E-state index is 13.7. The Labute approximate surface area is 189 Å². The SMILES string of the molecule is CC(CO)NC(=O)c1cccc(-c2cccc3cc(Cc4cc(F)cc(Cl)c4)sc23)c1. The summed E-state index contributed by atoms with van der Waals surface area (Å²) in [6.45, 7) is 1.64. The molecule has 2 N–H and O–H groups in total. The molecule has 0 spiro atoms. The second-order valence-corrected chi connectivity index (χ2v) is 9.10. The first-order chi connectivity index (χ1) is 14.9. The van der Waals surface area contributed by atoms with Crippen molar-refractivity contribution in [3.8, 4) is 11.1 Å². The van der Waals surface area contributed by atoms with Crippen LogP contribution in [0.1, 0.15) is 27.7 Å². The summed E-state index contributed by atoms with van der Waals surface area (Å²) in [6, 6.07) is 19.9. The number of carbonyl (C=O) groups excluding carboxylic acids is 1. The number of halogens is 2. The van der Waals surface area contributed by atoms with Crippen LogP contribution in [0.4, 0.5) is 4.39 Å². The Morgan fingerprint density at radius 1 is 1.13 bits per heavy atom. The molecule has 1 amide bonds. The van der Waals surface area contributed by atoms with Crippen LogP contribution in [0.3, 0.4) is 0 Å². The van der Waals surface area contributed by atoms with Crippen molar-refractivity contribution in [2.75, 3.05) is 6.61 Å². The fraction of sp³-hybridized carbons (Fsp3) is 0.160. The van der Waals surface area contributed by atoms with E-state index in [1.807, 2.05) is 30.3 Å². The van der Waals surface area contributed by atoms with Crippen LogP contribution in [-0.2, 0) is 6.42 Å². The number of thiophene rings is 1. The van der Waals surface area contributed by atoms with Gasteiger partial charge in [-0.15, -0.1) is 11.3 Å². The van der Waals surface area contributed by atoms with Gasteiger partial charge >= 0.3 is 0 Å². The third kappa shape index (κ3) is 4.96. The molecule has 0 aliphatic carbocycles. The molecule has 3 aromatic carbocycles. The number of amides is 1. The van der Waals surface area contributed by atoms with Crippen molar-refractivity contribution in [3.05, 3.63) is 93.6 Å². The van der Waals surface area contributed by atoms with Gasteiger partial charge in [0, 0.05) is 32.6 Å². The minimum atomic E-state index is -0.338. The average molecular weight is 454 g/mol. The molecule has 31 heavy (non-hydrogen) atoms. The highest BCUT2D eigenvalue weighted by Crippen LogP contribution is 2.36. The molecule has 0 aliphatic rings. The van der Waals surface area contributed by atoms with Gasteiger partial charge in [0.15, 0.2) is 0 Å². The predicted molar refractivity (Wildman–Crippen MR) is 125 cm³/mol. The summed E-state index contributed by atoms with van der Waals surface area (Å²) in [4.78, 5) is 13.6. The van der Waals surface area contributed by atoms with Crippen molar-refractivity contribution in [2.45, 2.75) is 19.4 Å². The summed E-state index contributed by atoms with van der Waals surface area (Å²) in [7, 11) is 0. The zero-order valence-corrected chi connectivity index (χ0v) is 18.4. The first-order valence-corrected chi connectivity index (χ1v) is 11.1. The fourth-order valence-corrected chi connectivity index (χ4v) is 5.00. The lowest BCUT2D eigenvalue weighted by Gasteiger charge is -2.11. The van der Waals surface area contributed by atoms with Gasteiger partial charge in [0.2, 0.25) is 0 Å². The van der Waals surface area contributed by atoms with E-state index >= 15 is 0 Å². The van der Waals surface area contributed by atoms with E-state index in [1.165, 1.54) is 12.1 Å². The molecule has 0 saturated heterocycles. The van der Waals surface area contributed by atoms with Crippen LogP contribution < -0.4 is 5.32 Å². The van der Waals surface area contributed by atoms with Crippen molar-refractivity contribution >= 4 is 38.9 Å². The third-order valence-corrected chi connectivity index (χ3v) is 6.39. The molecule has 158 valence electrons. The Balaban J connectivity index is 1.67. The smallest absolute Gasteiger partial charge is 0.251 e. The van der Waals surface area contributed by atoms with Crippen molar-refractivity contribution in [2.24, 2.45) is 0 Å². The van der Waals surface area contributed by atoms with Gasteiger partial charge in [-0.05, 0) is 65.4 Å². The molecular formula is C25H21ClFNO2S. The van der Waals surface area contributed by atoms with E-state index in [0.717, 1.165) is 31.7 Å². The number of hydrogen-bond donors (Lipinski definition) is 2. The number of rotatable bonds is 6. The highest BCUT2D eigenvalue weighted by Gasteiger charge is 2.13. The van der Waals surface area contributed by atoms with E-state index in [0.29, 0.717) is 17.0 Å². The Bertz CT molecular complexity index is 1230. The minimum Gasteiger partial charge on any atom is -0.394 e. The molecule has 0 fully saturated rings.